The molecule has 0 saturated carbocycles. The Morgan fingerprint density at radius 1 is 1.17 bits per heavy atom. The molecule has 0 aliphatic heterocycles. The lowest BCUT2D eigenvalue weighted by molar-refractivity contribution is -0.111. The molecule has 3 aromatic rings. The minimum absolute atomic E-state index is 0.291. The topological polar surface area (TPSA) is 101 Å². The average Bonchev–Trinajstić information content (AvgIpc) is 3.29. The van der Waals surface area contributed by atoms with Gasteiger partial charge in [-0.2, -0.15) is 5.10 Å². The minimum atomic E-state index is -0.357. The molecule has 3 rings (SSSR count). The molecule has 150 valence electrons. The fourth-order valence-corrected chi connectivity index (χ4v) is 2.81. The Hall–Kier alpha value is -3.52. The summed E-state index contributed by atoms with van der Waals surface area (Å²) in [6, 6.07) is 9.93. The van der Waals surface area contributed by atoms with Crippen molar-refractivity contribution >= 4 is 41.0 Å². The van der Waals surface area contributed by atoms with Gasteiger partial charge in [0.2, 0.25) is 5.91 Å². The summed E-state index contributed by atoms with van der Waals surface area (Å²) in [4.78, 5) is 24.0. The standard InChI is InChI=1S/C20H20ClN5O3/c1-13-17(19(21)26(2)25-13)9-10-18(27)23-14-5-7-15(8-6-14)24-20(28)22-12-16-4-3-11-29-16/h3-11H,12H2,1-2H3,(H,23,27)(H2,22,24,28)/b10-9+. The van der Waals surface area contributed by atoms with E-state index in [0.717, 1.165) is 5.69 Å². The first-order valence-corrected chi connectivity index (χ1v) is 9.15. The van der Waals surface area contributed by atoms with Crippen molar-refractivity contribution in [3.05, 3.63) is 70.9 Å². The molecule has 9 heteroatoms. The van der Waals surface area contributed by atoms with Crippen LogP contribution in [0.4, 0.5) is 16.2 Å². The summed E-state index contributed by atoms with van der Waals surface area (Å²) < 4.78 is 6.70. The molecule has 0 fully saturated rings. The van der Waals surface area contributed by atoms with E-state index in [-0.39, 0.29) is 11.9 Å². The molecule has 3 amide bonds. The lowest BCUT2D eigenvalue weighted by Gasteiger charge is -2.08. The average molecular weight is 414 g/mol. The zero-order valence-electron chi connectivity index (χ0n) is 15.9. The third-order valence-corrected chi connectivity index (χ3v) is 4.46. The summed E-state index contributed by atoms with van der Waals surface area (Å²) in [5, 5.41) is 12.8. The van der Waals surface area contributed by atoms with Gasteiger partial charge in [-0.3, -0.25) is 9.48 Å². The molecule has 29 heavy (non-hydrogen) atoms. The lowest BCUT2D eigenvalue weighted by Crippen LogP contribution is -2.27. The number of carbonyl (C=O) groups excluding carboxylic acids is 2. The van der Waals surface area contributed by atoms with Gasteiger partial charge in [-0.15, -0.1) is 0 Å². The fourth-order valence-electron chi connectivity index (χ4n) is 2.57. The molecule has 3 N–H and O–H groups in total. The van der Waals surface area contributed by atoms with Crippen molar-refractivity contribution in [3.63, 3.8) is 0 Å². The van der Waals surface area contributed by atoms with Gasteiger partial charge in [-0.25, -0.2) is 4.79 Å². The van der Waals surface area contributed by atoms with Gasteiger partial charge in [0.05, 0.1) is 18.5 Å². The Balaban J connectivity index is 1.51. The monoisotopic (exact) mass is 413 g/mol. The highest BCUT2D eigenvalue weighted by molar-refractivity contribution is 6.31. The van der Waals surface area contributed by atoms with Crippen LogP contribution in [0.1, 0.15) is 17.0 Å². The van der Waals surface area contributed by atoms with Crippen LogP contribution in [0, 0.1) is 6.92 Å². The molecule has 0 radical (unpaired) electrons. The number of furan rings is 1. The van der Waals surface area contributed by atoms with Gasteiger partial charge >= 0.3 is 6.03 Å². The van der Waals surface area contributed by atoms with Crippen LogP contribution in [0.25, 0.3) is 6.08 Å². The first kappa shape index (κ1) is 20.2. The first-order chi connectivity index (χ1) is 13.9. The third-order valence-electron chi connectivity index (χ3n) is 4.01. The van der Waals surface area contributed by atoms with Crippen molar-refractivity contribution in [2.75, 3.05) is 10.6 Å². The predicted molar refractivity (Wildman–Crippen MR) is 112 cm³/mol. The highest BCUT2D eigenvalue weighted by atomic mass is 35.5. The van der Waals surface area contributed by atoms with Crippen LogP contribution in [-0.2, 0) is 18.4 Å². The van der Waals surface area contributed by atoms with Crippen LogP contribution >= 0.6 is 11.6 Å². The van der Waals surface area contributed by atoms with Crippen LogP contribution in [0.2, 0.25) is 5.15 Å². The number of carbonyl (C=O) groups is 2. The highest BCUT2D eigenvalue weighted by Crippen LogP contribution is 2.20. The van der Waals surface area contributed by atoms with E-state index in [1.165, 1.54) is 6.08 Å². The maximum atomic E-state index is 12.1. The molecule has 0 atom stereocenters. The van der Waals surface area contributed by atoms with Gasteiger partial charge in [0.15, 0.2) is 0 Å². The summed E-state index contributed by atoms with van der Waals surface area (Å²) in [7, 11) is 1.74. The van der Waals surface area contributed by atoms with E-state index in [0.29, 0.717) is 34.4 Å². The number of aryl methyl sites for hydroxylation is 2. The van der Waals surface area contributed by atoms with E-state index in [2.05, 4.69) is 21.0 Å². The van der Waals surface area contributed by atoms with Crippen molar-refractivity contribution in [1.29, 1.82) is 0 Å². The summed E-state index contributed by atoms with van der Waals surface area (Å²) in [5.74, 6) is 0.357. The van der Waals surface area contributed by atoms with E-state index in [1.54, 1.807) is 60.5 Å². The molecule has 2 heterocycles. The van der Waals surface area contributed by atoms with Crippen LogP contribution in [-0.4, -0.2) is 21.7 Å². The molecule has 0 aliphatic rings. The number of urea groups is 1. The zero-order chi connectivity index (χ0) is 20.8. The Morgan fingerprint density at radius 3 is 2.45 bits per heavy atom. The second kappa shape index (κ2) is 9.11. The Labute approximate surface area is 172 Å². The number of anilines is 2. The van der Waals surface area contributed by atoms with Crippen LogP contribution < -0.4 is 16.0 Å². The number of benzene rings is 1. The zero-order valence-corrected chi connectivity index (χ0v) is 16.7. The molecule has 8 nitrogen and oxygen atoms in total. The van der Waals surface area contributed by atoms with Crippen LogP contribution in [0.15, 0.2) is 53.2 Å². The molecule has 0 unspecified atom stereocenters. The molecule has 0 saturated heterocycles. The molecule has 1 aromatic carbocycles. The van der Waals surface area contributed by atoms with Crippen molar-refractivity contribution in [1.82, 2.24) is 15.1 Å². The summed E-state index contributed by atoms with van der Waals surface area (Å²) in [6.07, 6.45) is 4.56. The molecular formula is C20H20ClN5O3. The first-order valence-electron chi connectivity index (χ1n) is 8.78. The minimum Gasteiger partial charge on any atom is -0.467 e. The maximum Gasteiger partial charge on any atom is 0.319 e. The third kappa shape index (κ3) is 5.49. The van der Waals surface area contributed by atoms with Crippen molar-refractivity contribution in [2.24, 2.45) is 7.05 Å². The lowest BCUT2D eigenvalue weighted by atomic mass is 10.2. The number of hydrogen-bond donors (Lipinski definition) is 3. The number of aromatic nitrogens is 2. The smallest absolute Gasteiger partial charge is 0.319 e. The Bertz CT molecular complexity index is 1020. The molecule has 0 spiro atoms. The van der Waals surface area contributed by atoms with Crippen molar-refractivity contribution in [3.8, 4) is 0 Å². The number of amides is 3. The summed E-state index contributed by atoms with van der Waals surface area (Å²) >= 11 is 6.14. The number of nitrogens with zero attached hydrogens (tertiary/aromatic N) is 2. The molecule has 0 bridgehead atoms. The van der Waals surface area contributed by atoms with E-state index >= 15 is 0 Å². The van der Waals surface area contributed by atoms with Crippen molar-refractivity contribution < 1.29 is 14.0 Å². The van der Waals surface area contributed by atoms with Gasteiger partial charge < -0.3 is 20.4 Å². The van der Waals surface area contributed by atoms with E-state index in [4.69, 9.17) is 16.0 Å². The molecule has 2 aromatic heterocycles. The number of rotatable bonds is 6. The normalized spacial score (nSPS) is 10.9. The largest absolute Gasteiger partial charge is 0.467 e. The number of hydrogen-bond acceptors (Lipinski definition) is 4. The van der Waals surface area contributed by atoms with Crippen LogP contribution in [0.5, 0.6) is 0 Å². The second-order valence-electron chi connectivity index (χ2n) is 6.20. The van der Waals surface area contributed by atoms with Crippen LogP contribution in [0.3, 0.4) is 0 Å². The second-order valence-corrected chi connectivity index (χ2v) is 6.56. The fraction of sp³-hybridized carbons (Fsp3) is 0.150. The number of nitrogens with one attached hydrogen (secondary N) is 3. The Morgan fingerprint density at radius 2 is 1.86 bits per heavy atom. The van der Waals surface area contributed by atoms with Gasteiger partial charge in [0.1, 0.15) is 10.9 Å². The van der Waals surface area contributed by atoms with Gasteiger partial charge in [0.25, 0.3) is 0 Å². The summed E-state index contributed by atoms with van der Waals surface area (Å²) in [5.41, 5.74) is 2.62. The predicted octanol–water partition coefficient (Wildman–Crippen LogP) is 3.95. The Kier molecular flexibility index (Phi) is 6.36. The van der Waals surface area contributed by atoms with Gasteiger partial charge in [-0.1, -0.05) is 11.6 Å². The quantitative estimate of drug-likeness (QED) is 0.532. The van der Waals surface area contributed by atoms with Gasteiger partial charge in [-0.05, 0) is 49.4 Å². The molecular weight excluding hydrogens is 394 g/mol. The van der Waals surface area contributed by atoms with Crippen molar-refractivity contribution in [2.45, 2.75) is 13.5 Å². The van der Waals surface area contributed by atoms with E-state index in [9.17, 15) is 9.59 Å². The highest BCUT2D eigenvalue weighted by Gasteiger charge is 2.09. The van der Waals surface area contributed by atoms with E-state index < -0.39 is 0 Å². The maximum absolute atomic E-state index is 12.1. The number of halogens is 1. The van der Waals surface area contributed by atoms with Gasteiger partial charge in [0, 0.05) is 30.1 Å². The van der Waals surface area contributed by atoms with E-state index in [1.807, 2.05) is 6.92 Å². The summed E-state index contributed by atoms with van der Waals surface area (Å²) in [6.45, 7) is 2.11. The SMILES string of the molecule is Cc1nn(C)c(Cl)c1/C=C/C(=O)Nc1ccc(NC(=O)NCc2ccco2)cc1. The molecule has 0 aliphatic carbocycles.